The van der Waals surface area contributed by atoms with Crippen LogP contribution in [0.1, 0.15) is 18.4 Å². The number of nitrogens with zero attached hydrogens (tertiary/aromatic N) is 1. The Labute approximate surface area is 185 Å². The number of carbonyl (C=O) groups excluding carboxylic acids is 3. The number of aliphatic carboxylic acids is 2. The minimum absolute atomic E-state index is 0.0323. The lowest BCUT2D eigenvalue weighted by molar-refractivity contribution is -0.167. The Balaban J connectivity index is 1.76. The first-order chi connectivity index (χ1) is 14.5. The van der Waals surface area contributed by atoms with Crippen molar-refractivity contribution >= 4 is 53.1 Å². The lowest BCUT2D eigenvalue weighted by Crippen LogP contribution is -2.80. The molecular weight excluding hydrogens is 452 g/mol. The number of ether oxygens (including phenoxy) is 1. The molecule has 0 spiro atoms. The first-order valence-electron chi connectivity index (χ1n) is 9.10. The Morgan fingerprint density at radius 1 is 1.29 bits per heavy atom. The van der Waals surface area contributed by atoms with E-state index in [1.165, 1.54) is 17.0 Å². The van der Waals surface area contributed by atoms with Crippen LogP contribution >= 0.6 is 23.4 Å². The molecule has 0 saturated carbocycles. The van der Waals surface area contributed by atoms with Gasteiger partial charge in [0.05, 0.1) is 0 Å². The summed E-state index contributed by atoms with van der Waals surface area (Å²) in [7, 11) is 0. The molecule has 12 heteroatoms. The summed E-state index contributed by atoms with van der Waals surface area (Å²) < 4.78 is 4.87. The summed E-state index contributed by atoms with van der Waals surface area (Å²) in [6.45, 7) is 0.462. The van der Waals surface area contributed by atoms with Crippen LogP contribution in [0, 0.1) is 5.41 Å². The van der Waals surface area contributed by atoms with Gasteiger partial charge in [0.25, 0.3) is 5.91 Å². The first-order valence-corrected chi connectivity index (χ1v) is 10.5. The number of benzene rings is 1. The second-order valence-electron chi connectivity index (χ2n) is 7.35. The van der Waals surface area contributed by atoms with Gasteiger partial charge >= 0.3 is 17.9 Å². The number of rotatable bonds is 7. The van der Waals surface area contributed by atoms with E-state index in [1.807, 2.05) is 0 Å². The summed E-state index contributed by atoms with van der Waals surface area (Å²) in [6.07, 6.45) is 0. The predicted octanol–water partition coefficient (Wildman–Crippen LogP) is 0.455. The van der Waals surface area contributed by atoms with Gasteiger partial charge in [0.15, 0.2) is 5.92 Å². The molecule has 3 rings (SSSR count). The number of hydrogen-bond donors (Lipinski definition) is 3. The van der Waals surface area contributed by atoms with E-state index < -0.39 is 58.0 Å². The summed E-state index contributed by atoms with van der Waals surface area (Å²) in [6, 6.07) is 7.77. The van der Waals surface area contributed by atoms with Gasteiger partial charge in [0, 0.05) is 19.2 Å². The Hall–Kier alpha value is -2.79. The topological polar surface area (TPSA) is 150 Å². The number of β-lactam (4-membered cyclic amide) rings is 1. The van der Waals surface area contributed by atoms with Crippen molar-refractivity contribution in [2.45, 2.75) is 23.2 Å². The number of nitrogens with one attached hydrogen (secondary N) is 1. The van der Waals surface area contributed by atoms with Gasteiger partial charge in [-0.2, -0.15) is 0 Å². The quantitative estimate of drug-likeness (QED) is 0.170. The van der Waals surface area contributed by atoms with E-state index in [0.717, 1.165) is 18.7 Å². The van der Waals surface area contributed by atoms with Crippen LogP contribution in [0.25, 0.3) is 0 Å². The van der Waals surface area contributed by atoms with Crippen LogP contribution in [-0.4, -0.2) is 74.1 Å². The smallest absolute Gasteiger partial charge is 0.320 e. The Bertz CT molecular complexity index is 944. The van der Waals surface area contributed by atoms with Gasteiger partial charge in [-0.3, -0.25) is 24.0 Å². The molecule has 1 aromatic carbocycles. The van der Waals surface area contributed by atoms with Gasteiger partial charge in [-0.1, -0.05) is 41.9 Å². The van der Waals surface area contributed by atoms with Gasteiger partial charge in [-0.25, -0.2) is 0 Å². The molecular formula is C19H19ClN2O8S. The Morgan fingerprint density at radius 2 is 1.94 bits per heavy atom. The number of carboxylic acid groups (broad SMARTS) is 2. The molecule has 2 saturated heterocycles. The average molecular weight is 471 g/mol. The summed E-state index contributed by atoms with van der Waals surface area (Å²) in [5.41, 5.74) is -1.29. The van der Waals surface area contributed by atoms with Gasteiger partial charge < -0.3 is 25.2 Å². The number of carboxylic acids is 2. The highest BCUT2D eigenvalue weighted by atomic mass is 35.5. The van der Waals surface area contributed by atoms with Crippen molar-refractivity contribution in [1.82, 2.24) is 10.2 Å². The number of carbonyl (C=O) groups is 5. The first kappa shape index (κ1) is 22.9. The third-order valence-electron chi connectivity index (χ3n) is 5.14. The van der Waals surface area contributed by atoms with E-state index in [4.69, 9.17) is 16.3 Å². The second-order valence-corrected chi connectivity index (χ2v) is 9.01. The third-order valence-corrected chi connectivity index (χ3v) is 7.37. The van der Waals surface area contributed by atoms with E-state index in [2.05, 4.69) is 5.32 Å². The SMILES string of the molecule is CC(=O)OCC1(C(=O)O)CS[C@H]2N(C1)C(=O)C2(Cl)NC(=O)C(C(=O)O)c1ccccc1. The molecule has 0 bridgehead atoms. The van der Waals surface area contributed by atoms with Crippen molar-refractivity contribution in [2.75, 3.05) is 18.9 Å². The molecule has 1 aromatic rings. The maximum atomic E-state index is 12.7. The fourth-order valence-corrected chi connectivity index (χ4v) is 5.50. The maximum absolute atomic E-state index is 12.7. The highest BCUT2D eigenvalue weighted by Gasteiger charge is 2.66. The second kappa shape index (κ2) is 8.39. The molecule has 10 nitrogen and oxygen atoms in total. The zero-order valence-electron chi connectivity index (χ0n) is 16.2. The van der Waals surface area contributed by atoms with Crippen LogP contribution in [0.4, 0.5) is 0 Å². The summed E-state index contributed by atoms with van der Waals surface area (Å²) in [5, 5.41) is 20.7. The average Bonchev–Trinajstić information content (AvgIpc) is 2.72. The van der Waals surface area contributed by atoms with Crippen LogP contribution in [0.15, 0.2) is 30.3 Å². The normalized spacial score (nSPS) is 28.0. The monoisotopic (exact) mass is 470 g/mol. The lowest BCUT2D eigenvalue weighted by atomic mass is 9.87. The van der Waals surface area contributed by atoms with Gasteiger partial charge in [0.2, 0.25) is 10.9 Å². The Kier molecular flexibility index (Phi) is 6.19. The molecule has 0 radical (unpaired) electrons. The van der Waals surface area contributed by atoms with Crippen molar-refractivity contribution in [3.05, 3.63) is 35.9 Å². The van der Waals surface area contributed by atoms with E-state index in [0.29, 0.717) is 0 Å². The number of hydrogen-bond acceptors (Lipinski definition) is 7. The molecule has 2 aliphatic heterocycles. The summed E-state index contributed by atoms with van der Waals surface area (Å²) in [4.78, 5) is 59.4. The fraction of sp³-hybridized carbons (Fsp3) is 0.421. The van der Waals surface area contributed by atoms with Crippen molar-refractivity contribution in [1.29, 1.82) is 0 Å². The van der Waals surface area contributed by atoms with E-state index in [-0.39, 0.29) is 17.9 Å². The number of halogens is 1. The molecule has 2 amide bonds. The number of esters is 1. The van der Waals surface area contributed by atoms with Crippen LogP contribution in [0.5, 0.6) is 0 Å². The van der Waals surface area contributed by atoms with Gasteiger partial charge in [0.1, 0.15) is 17.4 Å². The van der Waals surface area contributed by atoms with Gasteiger partial charge in [-0.15, -0.1) is 11.8 Å². The third kappa shape index (κ3) is 4.07. The summed E-state index contributed by atoms with van der Waals surface area (Å²) >= 11 is 7.40. The molecule has 4 atom stereocenters. The lowest BCUT2D eigenvalue weighted by Gasteiger charge is -2.57. The molecule has 166 valence electrons. The van der Waals surface area contributed by atoms with Crippen molar-refractivity contribution < 1.29 is 38.9 Å². The number of fused-ring (bicyclic) bond motifs is 1. The standard InChI is InChI=1S/C19H19ClN2O8S/c1-10(23)30-8-18(17(28)29)7-22-15(27)19(20,16(22)31-9-18)21-13(24)12(14(25)26)11-5-3-2-4-6-11/h2-6,12,16H,7-9H2,1H3,(H,21,24)(H,25,26)(H,28,29)/t12?,16-,18?,19?/m1/s1. The predicted molar refractivity (Wildman–Crippen MR) is 108 cm³/mol. The fourth-order valence-electron chi connectivity index (χ4n) is 3.48. The van der Waals surface area contributed by atoms with Crippen LogP contribution < -0.4 is 5.32 Å². The number of thioether (sulfide) groups is 1. The highest BCUT2D eigenvalue weighted by Crippen LogP contribution is 2.49. The van der Waals surface area contributed by atoms with E-state index >= 15 is 0 Å². The summed E-state index contributed by atoms with van der Waals surface area (Å²) in [5.74, 6) is -6.62. The van der Waals surface area contributed by atoms with Crippen LogP contribution in [-0.2, 0) is 28.7 Å². The number of amides is 2. The van der Waals surface area contributed by atoms with Crippen LogP contribution in [0.2, 0.25) is 0 Å². The van der Waals surface area contributed by atoms with E-state index in [1.54, 1.807) is 18.2 Å². The zero-order valence-corrected chi connectivity index (χ0v) is 17.8. The van der Waals surface area contributed by atoms with Crippen molar-refractivity contribution in [3.63, 3.8) is 0 Å². The molecule has 31 heavy (non-hydrogen) atoms. The Morgan fingerprint density at radius 3 is 2.48 bits per heavy atom. The molecule has 3 N–H and O–H groups in total. The largest absolute Gasteiger partial charge is 0.481 e. The van der Waals surface area contributed by atoms with Crippen molar-refractivity contribution in [2.24, 2.45) is 5.41 Å². The molecule has 0 aromatic heterocycles. The van der Waals surface area contributed by atoms with Crippen molar-refractivity contribution in [3.8, 4) is 0 Å². The molecule has 0 aliphatic carbocycles. The minimum atomic E-state index is -1.91. The van der Waals surface area contributed by atoms with Gasteiger partial charge in [-0.05, 0) is 5.56 Å². The molecule has 2 fully saturated rings. The van der Waals surface area contributed by atoms with Crippen LogP contribution in [0.3, 0.4) is 0 Å². The maximum Gasteiger partial charge on any atom is 0.320 e. The minimum Gasteiger partial charge on any atom is -0.481 e. The highest BCUT2D eigenvalue weighted by molar-refractivity contribution is 8.00. The molecule has 3 unspecified atom stereocenters. The molecule has 2 heterocycles. The molecule has 2 aliphatic rings. The zero-order chi connectivity index (χ0) is 23.0. The number of alkyl halides is 1. The van der Waals surface area contributed by atoms with E-state index in [9.17, 15) is 34.2 Å².